The molecule has 1 aromatic heterocycles. The van der Waals surface area contributed by atoms with Gasteiger partial charge in [0.2, 0.25) is 0 Å². The zero-order valence-electron chi connectivity index (χ0n) is 18.2. The summed E-state index contributed by atoms with van der Waals surface area (Å²) in [4.78, 5) is 34.6. The van der Waals surface area contributed by atoms with Gasteiger partial charge in [-0.15, -0.1) is 0 Å². The second kappa shape index (κ2) is 9.30. The van der Waals surface area contributed by atoms with Crippen molar-refractivity contribution in [2.45, 2.75) is 24.9 Å². The number of halogens is 1. The van der Waals surface area contributed by atoms with Gasteiger partial charge in [0, 0.05) is 16.6 Å². The maximum Gasteiger partial charge on any atom is 0.405 e. The minimum absolute atomic E-state index is 0.237. The number of carbonyl (C=O) groups excluding carboxylic acids is 1. The Morgan fingerprint density at radius 1 is 1.09 bits per heavy atom. The topological polar surface area (TPSA) is 98.3 Å². The molecule has 0 radical (unpaired) electrons. The molecule has 2 atom stereocenters. The second-order valence-electron chi connectivity index (χ2n) is 8.37. The monoisotopic (exact) mass is 518 g/mol. The molecule has 0 aliphatic carbocycles. The van der Waals surface area contributed by atoms with E-state index in [0.717, 1.165) is 39.3 Å². The van der Waals surface area contributed by atoms with Crippen LogP contribution in [0.1, 0.15) is 36.3 Å². The minimum atomic E-state index is -1.23. The van der Waals surface area contributed by atoms with Crippen molar-refractivity contribution in [3.05, 3.63) is 88.8 Å². The highest BCUT2D eigenvalue weighted by Crippen LogP contribution is 2.34. The van der Waals surface area contributed by atoms with Gasteiger partial charge >= 0.3 is 6.09 Å². The minimum Gasteiger partial charge on any atom is -0.465 e. The number of imidazole rings is 1. The summed E-state index contributed by atoms with van der Waals surface area (Å²) in [5.41, 5.74) is 2.50. The molecule has 0 unspecified atom stereocenters. The predicted molar refractivity (Wildman–Crippen MR) is 133 cm³/mol. The van der Waals surface area contributed by atoms with E-state index in [1.54, 1.807) is 35.4 Å². The molecule has 1 aliphatic heterocycles. The van der Waals surface area contributed by atoms with E-state index in [9.17, 15) is 14.7 Å². The molecule has 0 bridgehead atoms. The van der Waals surface area contributed by atoms with E-state index in [1.165, 1.54) is 0 Å². The number of hydrogen-bond donors (Lipinski definition) is 3. The van der Waals surface area contributed by atoms with Gasteiger partial charge < -0.3 is 20.3 Å². The first kappa shape index (κ1) is 22.2. The summed E-state index contributed by atoms with van der Waals surface area (Å²) in [5.74, 6) is 0.434. The van der Waals surface area contributed by atoms with Gasteiger partial charge in [-0.25, -0.2) is 9.78 Å². The van der Waals surface area contributed by atoms with Crippen molar-refractivity contribution >= 4 is 38.7 Å². The molecule has 8 heteroatoms. The zero-order valence-corrected chi connectivity index (χ0v) is 19.8. The number of carboxylic acid groups (broad SMARTS) is 1. The van der Waals surface area contributed by atoms with Crippen LogP contribution in [0.4, 0.5) is 4.79 Å². The number of hydrogen-bond acceptors (Lipinski definition) is 3. The molecule has 0 spiro atoms. The molecule has 7 nitrogen and oxygen atoms in total. The predicted octanol–water partition coefficient (Wildman–Crippen LogP) is 5.66. The molecule has 2 amide bonds. The smallest absolute Gasteiger partial charge is 0.405 e. The van der Waals surface area contributed by atoms with Crippen molar-refractivity contribution in [2.75, 3.05) is 6.54 Å². The summed E-state index contributed by atoms with van der Waals surface area (Å²) >= 11 is 3.51. The quantitative estimate of drug-likeness (QED) is 0.317. The summed E-state index contributed by atoms with van der Waals surface area (Å²) < 4.78 is 1.04. The van der Waals surface area contributed by atoms with Gasteiger partial charge in [-0.2, -0.15) is 0 Å². The highest BCUT2D eigenvalue weighted by molar-refractivity contribution is 9.10. The van der Waals surface area contributed by atoms with Crippen LogP contribution in [0.3, 0.4) is 0 Å². The Morgan fingerprint density at radius 2 is 1.85 bits per heavy atom. The second-order valence-corrected chi connectivity index (χ2v) is 9.29. The number of nitrogens with zero attached hydrogens (tertiary/aromatic N) is 2. The average Bonchev–Trinajstić information content (AvgIpc) is 3.52. The Labute approximate surface area is 204 Å². The first-order valence-corrected chi connectivity index (χ1v) is 11.9. The number of benzene rings is 3. The Balaban J connectivity index is 1.41. The number of nitrogens with one attached hydrogen (secondary N) is 2. The SMILES string of the molecule is O=C(O)N[C@@H](C(=O)N1CCC[C@H]1c1ncc(-c2ccc3cc(Br)ccc3c2)[nH]1)c1ccccc1. The highest BCUT2D eigenvalue weighted by atomic mass is 79.9. The van der Waals surface area contributed by atoms with Gasteiger partial charge in [0.15, 0.2) is 0 Å². The molecule has 5 rings (SSSR count). The van der Waals surface area contributed by atoms with Crippen molar-refractivity contribution in [3.63, 3.8) is 0 Å². The van der Waals surface area contributed by atoms with Crippen LogP contribution in [0.2, 0.25) is 0 Å². The van der Waals surface area contributed by atoms with Crippen LogP contribution in [0.25, 0.3) is 22.0 Å². The normalized spacial score (nSPS) is 16.5. The first-order chi connectivity index (χ1) is 16.5. The van der Waals surface area contributed by atoms with Crippen molar-refractivity contribution in [1.29, 1.82) is 0 Å². The number of likely N-dealkylation sites (tertiary alicyclic amines) is 1. The highest BCUT2D eigenvalue weighted by Gasteiger charge is 2.36. The number of amides is 2. The molecular formula is C26H23BrN4O3. The van der Waals surface area contributed by atoms with Crippen LogP contribution in [0, 0.1) is 0 Å². The van der Waals surface area contributed by atoms with Crippen LogP contribution < -0.4 is 5.32 Å². The fourth-order valence-corrected chi connectivity index (χ4v) is 4.95. The van der Waals surface area contributed by atoms with E-state index < -0.39 is 12.1 Å². The van der Waals surface area contributed by atoms with E-state index in [4.69, 9.17) is 0 Å². The van der Waals surface area contributed by atoms with Gasteiger partial charge in [0.25, 0.3) is 5.91 Å². The molecular weight excluding hydrogens is 496 g/mol. The van der Waals surface area contributed by atoms with E-state index >= 15 is 0 Å². The third-order valence-electron chi connectivity index (χ3n) is 6.21. The van der Waals surface area contributed by atoms with E-state index in [1.807, 2.05) is 18.2 Å². The van der Waals surface area contributed by atoms with Crippen molar-refractivity contribution < 1.29 is 14.7 Å². The molecule has 0 saturated carbocycles. The summed E-state index contributed by atoms with van der Waals surface area (Å²) in [7, 11) is 0. The third-order valence-corrected chi connectivity index (χ3v) is 6.70. The number of carbonyl (C=O) groups is 2. The van der Waals surface area contributed by atoms with Gasteiger partial charge in [-0.1, -0.05) is 64.5 Å². The molecule has 4 aromatic rings. The molecule has 172 valence electrons. The molecule has 3 N–H and O–H groups in total. The molecule has 3 aromatic carbocycles. The lowest BCUT2D eigenvalue weighted by molar-refractivity contribution is -0.134. The third kappa shape index (κ3) is 4.41. The molecule has 1 saturated heterocycles. The van der Waals surface area contributed by atoms with Crippen LogP contribution >= 0.6 is 15.9 Å². The van der Waals surface area contributed by atoms with E-state index in [-0.39, 0.29) is 11.9 Å². The van der Waals surface area contributed by atoms with Crippen LogP contribution in [0.15, 0.2) is 77.4 Å². The first-order valence-electron chi connectivity index (χ1n) is 11.1. The zero-order chi connectivity index (χ0) is 23.7. The number of rotatable bonds is 5. The number of aromatic nitrogens is 2. The Bertz CT molecular complexity index is 1350. The van der Waals surface area contributed by atoms with Crippen molar-refractivity contribution in [3.8, 4) is 11.3 Å². The summed E-state index contributed by atoms with van der Waals surface area (Å²) in [6.07, 6.45) is 2.15. The molecule has 1 fully saturated rings. The summed E-state index contributed by atoms with van der Waals surface area (Å²) in [6.45, 7) is 0.551. The van der Waals surface area contributed by atoms with Gasteiger partial charge in [-0.05, 0) is 47.4 Å². The van der Waals surface area contributed by atoms with Crippen LogP contribution in [0.5, 0.6) is 0 Å². The molecule has 2 heterocycles. The Hall–Kier alpha value is -3.65. The maximum absolute atomic E-state index is 13.5. The standard InChI is InChI=1S/C26H23BrN4O3/c27-20-11-10-17-13-19(9-8-18(17)14-20)21-15-28-24(29-21)22-7-4-12-31(22)25(32)23(30-26(33)34)16-5-2-1-3-6-16/h1-3,5-6,8-11,13-15,22-23,30H,4,7,12H2,(H,28,29)(H,33,34)/t22-,23+/m0/s1. The average molecular weight is 519 g/mol. The van der Waals surface area contributed by atoms with E-state index in [0.29, 0.717) is 17.9 Å². The number of aromatic amines is 1. The fraction of sp³-hybridized carbons (Fsp3) is 0.192. The van der Waals surface area contributed by atoms with Crippen molar-refractivity contribution in [1.82, 2.24) is 20.2 Å². The van der Waals surface area contributed by atoms with Gasteiger partial charge in [0.05, 0.1) is 17.9 Å². The van der Waals surface area contributed by atoms with Crippen LogP contribution in [-0.4, -0.2) is 38.5 Å². The number of fused-ring (bicyclic) bond motifs is 1. The van der Waals surface area contributed by atoms with E-state index in [2.05, 4.69) is 55.5 Å². The summed E-state index contributed by atoms with van der Waals surface area (Å²) in [6, 6.07) is 20.1. The van der Waals surface area contributed by atoms with Gasteiger partial charge in [0.1, 0.15) is 11.9 Å². The maximum atomic E-state index is 13.5. The fourth-order valence-electron chi connectivity index (χ4n) is 4.57. The largest absolute Gasteiger partial charge is 0.465 e. The lowest BCUT2D eigenvalue weighted by atomic mass is 10.0. The van der Waals surface area contributed by atoms with Crippen molar-refractivity contribution in [2.24, 2.45) is 0 Å². The Kier molecular flexibility index (Phi) is 6.06. The lowest BCUT2D eigenvalue weighted by Gasteiger charge is -2.28. The molecule has 1 aliphatic rings. The lowest BCUT2D eigenvalue weighted by Crippen LogP contribution is -2.42. The van der Waals surface area contributed by atoms with Gasteiger partial charge in [-0.3, -0.25) is 4.79 Å². The van der Waals surface area contributed by atoms with Crippen LogP contribution in [-0.2, 0) is 4.79 Å². The Morgan fingerprint density at radius 3 is 2.65 bits per heavy atom. The summed E-state index contributed by atoms with van der Waals surface area (Å²) in [5, 5.41) is 14.0. The molecule has 34 heavy (non-hydrogen) atoms. The number of H-pyrrole nitrogens is 1.